The van der Waals surface area contributed by atoms with Crippen molar-refractivity contribution < 1.29 is 0 Å². The van der Waals surface area contributed by atoms with Crippen LogP contribution in [0.4, 0.5) is 0 Å². The minimum absolute atomic E-state index is 0.0231. The summed E-state index contributed by atoms with van der Waals surface area (Å²) in [6.07, 6.45) is 0. The second-order valence-electron chi connectivity index (χ2n) is 4.61. The first kappa shape index (κ1) is 14.3. The van der Waals surface area contributed by atoms with E-state index in [9.17, 15) is 4.79 Å². The maximum absolute atomic E-state index is 12.7. The highest BCUT2D eigenvalue weighted by atomic mass is 79.9. The van der Waals surface area contributed by atoms with Gasteiger partial charge in [-0.25, -0.2) is 4.98 Å². The molecule has 5 heteroatoms. The highest BCUT2D eigenvalue weighted by Gasteiger charge is 2.12. The van der Waals surface area contributed by atoms with Crippen LogP contribution in [0, 0.1) is 0 Å². The molecule has 0 fully saturated rings. The van der Waals surface area contributed by atoms with E-state index in [1.807, 2.05) is 30.3 Å². The van der Waals surface area contributed by atoms with Gasteiger partial charge < -0.3 is 0 Å². The number of fused-ring (bicyclic) bond motifs is 1. The third kappa shape index (κ3) is 2.74. The quantitative estimate of drug-likeness (QED) is 0.656. The lowest BCUT2D eigenvalue weighted by molar-refractivity contribution is 0.739. The van der Waals surface area contributed by atoms with Gasteiger partial charge in [-0.3, -0.25) is 9.36 Å². The van der Waals surface area contributed by atoms with Crippen molar-refractivity contribution in [2.45, 2.75) is 6.54 Å². The van der Waals surface area contributed by atoms with Gasteiger partial charge in [0.1, 0.15) is 5.82 Å². The molecule has 0 amide bonds. The lowest BCUT2D eigenvalue weighted by Gasteiger charge is -2.12. The topological polar surface area (TPSA) is 34.9 Å². The third-order valence-corrected chi connectivity index (χ3v) is 3.88. The van der Waals surface area contributed by atoms with E-state index in [0.29, 0.717) is 33.6 Å². The van der Waals surface area contributed by atoms with Gasteiger partial charge in [-0.1, -0.05) is 39.7 Å². The van der Waals surface area contributed by atoms with Crippen LogP contribution in [0.25, 0.3) is 22.3 Å². The zero-order valence-corrected chi connectivity index (χ0v) is 13.4. The van der Waals surface area contributed by atoms with Gasteiger partial charge in [0.25, 0.3) is 5.56 Å². The molecule has 106 valence electrons. The van der Waals surface area contributed by atoms with Crippen molar-refractivity contribution in [1.29, 1.82) is 0 Å². The van der Waals surface area contributed by atoms with Crippen molar-refractivity contribution in [2.24, 2.45) is 0 Å². The van der Waals surface area contributed by atoms with E-state index in [1.165, 1.54) is 0 Å². The maximum Gasteiger partial charge on any atom is 0.261 e. The highest BCUT2D eigenvalue weighted by molar-refractivity contribution is 9.09. The standard InChI is InChI=1S/C16H12BrClN2O/c17-9-10-20-15(11-5-7-12(18)8-6-11)19-14-4-2-1-3-13(14)16(20)21/h1-8H,9-10H2. The van der Waals surface area contributed by atoms with E-state index in [4.69, 9.17) is 11.6 Å². The Morgan fingerprint density at radius 2 is 1.81 bits per heavy atom. The summed E-state index contributed by atoms with van der Waals surface area (Å²) in [5, 5.41) is 1.98. The Morgan fingerprint density at radius 3 is 2.52 bits per heavy atom. The molecule has 3 rings (SSSR count). The van der Waals surface area contributed by atoms with Crippen LogP contribution in [0.15, 0.2) is 53.3 Å². The Balaban J connectivity index is 2.32. The summed E-state index contributed by atoms with van der Waals surface area (Å²) in [5.41, 5.74) is 1.56. The van der Waals surface area contributed by atoms with Gasteiger partial charge in [-0.05, 0) is 36.4 Å². The smallest absolute Gasteiger partial charge is 0.261 e. The fourth-order valence-electron chi connectivity index (χ4n) is 2.28. The summed E-state index contributed by atoms with van der Waals surface area (Å²) in [4.78, 5) is 17.3. The molecule has 21 heavy (non-hydrogen) atoms. The predicted molar refractivity (Wildman–Crippen MR) is 90.2 cm³/mol. The third-order valence-electron chi connectivity index (χ3n) is 3.27. The lowest BCUT2D eigenvalue weighted by Crippen LogP contribution is -2.24. The summed E-state index contributed by atoms with van der Waals surface area (Å²) in [6, 6.07) is 14.8. The fraction of sp³-hybridized carbons (Fsp3) is 0.125. The number of hydrogen-bond donors (Lipinski definition) is 0. The van der Waals surface area contributed by atoms with E-state index >= 15 is 0 Å². The molecule has 0 N–H and O–H groups in total. The lowest BCUT2D eigenvalue weighted by atomic mass is 10.2. The Bertz CT molecular complexity index is 843. The number of hydrogen-bond acceptors (Lipinski definition) is 2. The van der Waals surface area contributed by atoms with Gasteiger partial charge in [0.15, 0.2) is 0 Å². The first-order chi connectivity index (χ1) is 10.2. The average Bonchev–Trinajstić information content (AvgIpc) is 2.51. The van der Waals surface area contributed by atoms with Crippen LogP contribution in [0.2, 0.25) is 5.02 Å². The summed E-state index contributed by atoms with van der Waals surface area (Å²) in [6.45, 7) is 0.564. The monoisotopic (exact) mass is 362 g/mol. The number of nitrogens with zero attached hydrogens (tertiary/aromatic N) is 2. The molecule has 0 atom stereocenters. The molecule has 0 saturated carbocycles. The van der Waals surface area contributed by atoms with Crippen LogP contribution >= 0.6 is 27.5 Å². The van der Waals surface area contributed by atoms with Gasteiger partial charge in [0.05, 0.1) is 10.9 Å². The van der Waals surface area contributed by atoms with Crippen molar-refractivity contribution in [1.82, 2.24) is 9.55 Å². The second-order valence-corrected chi connectivity index (χ2v) is 5.83. The second kappa shape index (κ2) is 6.00. The number of para-hydroxylation sites is 1. The summed E-state index contributed by atoms with van der Waals surface area (Å²) >= 11 is 9.32. The van der Waals surface area contributed by atoms with Crippen molar-refractivity contribution in [2.75, 3.05) is 5.33 Å². The van der Waals surface area contributed by atoms with Crippen LogP contribution in [0.3, 0.4) is 0 Å². The van der Waals surface area contributed by atoms with Crippen LogP contribution in [0.1, 0.15) is 0 Å². The number of aromatic nitrogens is 2. The van der Waals surface area contributed by atoms with Crippen molar-refractivity contribution in [3.8, 4) is 11.4 Å². The van der Waals surface area contributed by atoms with Crippen LogP contribution in [-0.4, -0.2) is 14.9 Å². The van der Waals surface area contributed by atoms with Crippen LogP contribution in [0.5, 0.6) is 0 Å². The van der Waals surface area contributed by atoms with Gasteiger partial charge in [-0.15, -0.1) is 0 Å². The summed E-state index contributed by atoms with van der Waals surface area (Å²) in [7, 11) is 0. The Morgan fingerprint density at radius 1 is 1.10 bits per heavy atom. The number of rotatable bonds is 3. The molecule has 2 aromatic carbocycles. The first-order valence-corrected chi connectivity index (χ1v) is 8.02. The molecule has 0 radical (unpaired) electrons. The van der Waals surface area contributed by atoms with Gasteiger partial charge in [0, 0.05) is 22.5 Å². The minimum Gasteiger partial charge on any atom is -0.291 e. The molecular formula is C16H12BrClN2O. The highest BCUT2D eigenvalue weighted by Crippen LogP contribution is 2.21. The molecule has 0 aliphatic carbocycles. The normalized spacial score (nSPS) is 11.0. The Hall–Kier alpha value is -1.65. The Kier molecular flexibility index (Phi) is 4.08. The van der Waals surface area contributed by atoms with E-state index in [1.54, 1.807) is 22.8 Å². The number of halogens is 2. The molecule has 0 spiro atoms. The van der Waals surface area contributed by atoms with Gasteiger partial charge in [-0.2, -0.15) is 0 Å². The molecule has 0 bridgehead atoms. The maximum atomic E-state index is 12.7. The molecule has 0 aliphatic rings. The fourth-order valence-corrected chi connectivity index (χ4v) is 2.76. The number of benzene rings is 2. The van der Waals surface area contributed by atoms with E-state index in [0.717, 1.165) is 5.56 Å². The van der Waals surface area contributed by atoms with Crippen molar-refractivity contribution in [3.05, 3.63) is 63.9 Å². The molecule has 3 aromatic rings. The average molecular weight is 364 g/mol. The molecule has 0 saturated heterocycles. The summed E-state index contributed by atoms with van der Waals surface area (Å²) in [5.74, 6) is 0.662. The zero-order chi connectivity index (χ0) is 14.8. The van der Waals surface area contributed by atoms with E-state index in [2.05, 4.69) is 20.9 Å². The van der Waals surface area contributed by atoms with Gasteiger partial charge in [0.2, 0.25) is 0 Å². The molecular weight excluding hydrogens is 352 g/mol. The Labute approximate surface area is 135 Å². The van der Waals surface area contributed by atoms with Crippen molar-refractivity contribution >= 4 is 38.4 Å². The number of alkyl halides is 1. The molecule has 0 aliphatic heterocycles. The molecule has 3 nitrogen and oxygen atoms in total. The van der Waals surface area contributed by atoms with E-state index in [-0.39, 0.29) is 5.56 Å². The van der Waals surface area contributed by atoms with Crippen LogP contribution in [-0.2, 0) is 6.54 Å². The molecule has 0 unspecified atom stereocenters. The minimum atomic E-state index is -0.0231. The first-order valence-electron chi connectivity index (χ1n) is 6.52. The van der Waals surface area contributed by atoms with E-state index < -0.39 is 0 Å². The van der Waals surface area contributed by atoms with Crippen molar-refractivity contribution in [3.63, 3.8) is 0 Å². The SMILES string of the molecule is O=c1c2ccccc2nc(-c2ccc(Cl)cc2)n1CCBr. The largest absolute Gasteiger partial charge is 0.291 e. The zero-order valence-electron chi connectivity index (χ0n) is 11.1. The molecule has 1 heterocycles. The summed E-state index contributed by atoms with van der Waals surface area (Å²) < 4.78 is 1.69. The predicted octanol–water partition coefficient (Wildman–Crippen LogP) is 4.11. The van der Waals surface area contributed by atoms with Gasteiger partial charge >= 0.3 is 0 Å². The molecule has 1 aromatic heterocycles. The van der Waals surface area contributed by atoms with Crippen LogP contribution < -0.4 is 5.56 Å².